The van der Waals surface area contributed by atoms with Crippen molar-refractivity contribution < 1.29 is 27.1 Å². The molecule has 34 heavy (non-hydrogen) atoms. The summed E-state index contributed by atoms with van der Waals surface area (Å²) < 4.78 is 61.6. The number of fused-ring (bicyclic) bond motifs is 7. The molecular formula is C22H16F4N6O2. The third-order valence-corrected chi connectivity index (χ3v) is 6.37. The molecule has 0 spiro atoms. The molecule has 2 aliphatic rings. The molecule has 1 saturated heterocycles. The van der Waals surface area contributed by atoms with Gasteiger partial charge in [-0.15, -0.1) is 0 Å². The number of ether oxygens (including phenoxy) is 1. The lowest BCUT2D eigenvalue weighted by Crippen LogP contribution is -2.47. The van der Waals surface area contributed by atoms with Gasteiger partial charge in [0.2, 0.25) is 0 Å². The molecule has 174 valence electrons. The number of nitrogen functional groups attached to an aromatic ring is 1. The maximum Gasteiger partial charge on any atom is 0.419 e. The first-order chi connectivity index (χ1) is 16.2. The molecule has 0 saturated carbocycles. The van der Waals surface area contributed by atoms with Crippen molar-refractivity contribution in [3.63, 3.8) is 0 Å². The van der Waals surface area contributed by atoms with Crippen molar-refractivity contribution in [2.75, 3.05) is 12.3 Å². The van der Waals surface area contributed by atoms with Gasteiger partial charge in [0.05, 0.1) is 35.8 Å². The second-order valence-corrected chi connectivity index (χ2v) is 8.33. The number of hydrogen-bond donors (Lipinski definition) is 1. The number of alkyl halides is 3. The molecular weight excluding hydrogens is 456 g/mol. The Hall–Kier alpha value is -3.96. The van der Waals surface area contributed by atoms with Gasteiger partial charge in [-0.05, 0) is 12.1 Å². The highest BCUT2D eigenvalue weighted by Gasteiger charge is 2.43. The minimum Gasteiger partial charge on any atom is -0.487 e. The smallest absolute Gasteiger partial charge is 0.419 e. The average Bonchev–Trinajstić information content (AvgIpc) is 3.30. The number of piperidine rings is 1. The van der Waals surface area contributed by atoms with Crippen molar-refractivity contribution in [1.29, 1.82) is 0 Å². The van der Waals surface area contributed by atoms with E-state index < -0.39 is 41.4 Å². The summed E-state index contributed by atoms with van der Waals surface area (Å²) in [6.45, 7) is 0.288. The summed E-state index contributed by atoms with van der Waals surface area (Å²) in [5, 5.41) is 0. The molecule has 4 aromatic rings. The van der Waals surface area contributed by atoms with Crippen LogP contribution in [0, 0.1) is 5.82 Å². The number of rotatable bonds is 1. The van der Waals surface area contributed by atoms with E-state index in [1.54, 1.807) is 23.0 Å². The number of aromatic nitrogens is 4. The fourth-order valence-corrected chi connectivity index (χ4v) is 4.76. The Balaban J connectivity index is 1.41. The molecule has 3 aromatic heterocycles. The van der Waals surface area contributed by atoms with Crippen LogP contribution in [0.5, 0.6) is 5.75 Å². The number of hydrogen-bond acceptors (Lipinski definition) is 6. The molecule has 2 N–H and O–H groups in total. The summed E-state index contributed by atoms with van der Waals surface area (Å²) in [5.41, 5.74) is 6.50. The molecule has 12 heteroatoms. The summed E-state index contributed by atoms with van der Waals surface area (Å²) >= 11 is 0. The third-order valence-electron chi connectivity index (χ3n) is 6.37. The second kappa shape index (κ2) is 7.02. The van der Waals surface area contributed by atoms with Crippen molar-refractivity contribution in [1.82, 2.24) is 24.3 Å². The van der Waals surface area contributed by atoms with Gasteiger partial charge in [-0.1, -0.05) is 6.07 Å². The van der Waals surface area contributed by atoms with E-state index in [0.29, 0.717) is 35.5 Å². The van der Waals surface area contributed by atoms with E-state index in [9.17, 15) is 22.4 Å². The van der Waals surface area contributed by atoms with Gasteiger partial charge < -0.3 is 15.4 Å². The zero-order chi connectivity index (χ0) is 23.8. The van der Waals surface area contributed by atoms with Crippen molar-refractivity contribution >= 4 is 28.3 Å². The minimum atomic E-state index is -4.85. The Kier molecular flexibility index (Phi) is 4.26. The number of imidazole rings is 1. The van der Waals surface area contributed by atoms with Gasteiger partial charge in [0, 0.05) is 24.9 Å². The van der Waals surface area contributed by atoms with Gasteiger partial charge >= 0.3 is 6.18 Å². The number of benzene rings is 1. The predicted octanol–water partition coefficient (Wildman–Crippen LogP) is 3.76. The van der Waals surface area contributed by atoms with Crippen LogP contribution in [0.4, 0.5) is 23.4 Å². The first kappa shape index (κ1) is 20.6. The van der Waals surface area contributed by atoms with Crippen LogP contribution in [-0.4, -0.2) is 42.8 Å². The highest BCUT2D eigenvalue weighted by Crippen LogP contribution is 2.47. The first-order valence-corrected chi connectivity index (χ1v) is 10.5. The lowest BCUT2D eigenvalue weighted by molar-refractivity contribution is -0.140. The molecule has 2 bridgehead atoms. The Morgan fingerprint density at radius 3 is 2.82 bits per heavy atom. The molecule has 0 aliphatic carbocycles. The zero-order valence-corrected chi connectivity index (χ0v) is 17.4. The summed E-state index contributed by atoms with van der Waals surface area (Å²) in [6.07, 6.45) is -0.103. The van der Waals surface area contributed by atoms with Gasteiger partial charge in [0.25, 0.3) is 5.91 Å². The Morgan fingerprint density at radius 2 is 2.03 bits per heavy atom. The van der Waals surface area contributed by atoms with E-state index in [2.05, 4.69) is 15.0 Å². The van der Waals surface area contributed by atoms with Crippen LogP contribution >= 0.6 is 0 Å². The molecule has 1 fully saturated rings. The molecule has 8 nitrogen and oxygen atoms in total. The summed E-state index contributed by atoms with van der Waals surface area (Å²) in [4.78, 5) is 27.6. The molecule has 5 heterocycles. The maximum atomic E-state index is 14.7. The Labute approximate surface area is 189 Å². The van der Waals surface area contributed by atoms with Crippen LogP contribution in [0.25, 0.3) is 16.6 Å². The number of carbonyl (C=O) groups is 1. The topological polar surface area (TPSA) is 98.6 Å². The zero-order valence-electron chi connectivity index (χ0n) is 17.4. The van der Waals surface area contributed by atoms with Gasteiger partial charge in [0.1, 0.15) is 28.6 Å². The summed E-state index contributed by atoms with van der Waals surface area (Å²) in [5.74, 6) is -2.06. The van der Waals surface area contributed by atoms with E-state index in [1.165, 1.54) is 17.2 Å². The number of halogens is 4. The molecule has 0 unspecified atom stereocenters. The number of carbonyl (C=O) groups excluding carboxylic acids is 1. The monoisotopic (exact) mass is 472 g/mol. The number of amides is 1. The number of likely N-dealkylation sites (tertiary alicyclic amines) is 1. The highest BCUT2D eigenvalue weighted by molar-refractivity contribution is 5.96. The molecule has 2 aliphatic heterocycles. The standard InChI is InChI=1S/C22H16F4N6O2/c23-18-12(22(24,25)26)2-1-11-15-5-10(34-19(11)18)3-4-31(15)21(33)13-6-16-14(7-29-13)30-20(27)17-8-28-9-32(16)17/h1-2,6-10,15H,3-5H2,(H2,27,30)/t10-,15+/m0/s1. The van der Waals surface area contributed by atoms with Gasteiger partial charge in [-0.3, -0.25) is 9.20 Å². The quantitative estimate of drug-likeness (QED) is 0.424. The van der Waals surface area contributed by atoms with E-state index >= 15 is 0 Å². The maximum absolute atomic E-state index is 14.7. The number of nitrogens with two attached hydrogens (primary N) is 1. The molecule has 6 rings (SSSR count). The summed E-state index contributed by atoms with van der Waals surface area (Å²) in [7, 11) is 0. The molecule has 0 radical (unpaired) electrons. The van der Waals surface area contributed by atoms with Crippen LogP contribution in [0.2, 0.25) is 0 Å². The van der Waals surface area contributed by atoms with E-state index in [1.807, 2.05) is 0 Å². The minimum absolute atomic E-state index is 0.118. The van der Waals surface area contributed by atoms with Crippen LogP contribution in [0.15, 0.2) is 36.9 Å². The average molecular weight is 472 g/mol. The van der Waals surface area contributed by atoms with Crippen molar-refractivity contribution in [2.45, 2.75) is 31.2 Å². The van der Waals surface area contributed by atoms with Crippen molar-refractivity contribution in [2.24, 2.45) is 0 Å². The number of anilines is 1. The number of pyridine rings is 1. The van der Waals surface area contributed by atoms with Gasteiger partial charge in [-0.2, -0.15) is 13.2 Å². The third kappa shape index (κ3) is 2.97. The SMILES string of the molecule is Nc1nc2cnc(C(=O)N3CC[C@H]4C[C@@H]3c3ccc(C(F)(F)F)c(F)c3O4)cc2n2cncc12. The number of nitrogens with zero attached hydrogens (tertiary/aromatic N) is 5. The fourth-order valence-electron chi connectivity index (χ4n) is 4.76. The normalized spacial score (nSPS) is 19.8. The van der Waals surface area contributed by atoms with E-state index in [-0.39, 0.29) is 23.6 Å². The van der Waals surface area contributed by atoms with Gasteiger partial charge in [-0.25, -0.2) is 19.3 Å². The summed E-state index contributed by atoms with van der Waals surface area (Å²) in [6, 6.07) is 2.80. The van der Waals surface area contributed by atoms with Crippen LogP contribution < -0.4 is 10.5 Å². The largest absolute Gasteiger partial charge is 0.487 e. The molecule has 2 atom stereocenters. The fraction of sp³-hybridized carbons (Fsp3) is 0.273. The lowest BCUT2D eigenvalue weighted by atomic mass is 9.88. The van der Waals surface area contributed by atoms with Crippen LogP contribution in [0.1, 0.15) is 40.5 Å². The molecule has 1 amide bonds. The highest BCUT2D eigenvalue weighted by atomic mass is 19.4. The lowest BCUT2D eigenvalue weighted by Gasteiger charge is -2.44. The Morgan fingerprint density at radius 1 is 1.21 bits per heavy atom. The van der Waals surface area contributed by atoms with Crippen LogP contribution in [-0.2, 0) is 6.18 Å². The van der Waals surface area contributed by atoms with E-state index in [4.69, 9.17) is 10.5 Å². The second-order valence-electron chi connectivity index (χ2n) is 8.33. The first-order valence-electron chi connectivity index (χ1n) is 10.5. The molecule has 1 aromatic carbocycles. The Bertz CT molecular complexity index is 1480. The van der Waals surface area contributed by atoms with Gasteiger partial charge in [0.15, 0.2) is 11.6 Å². The predicted molar refractivity (Wildman–Crippen MR) is 112 cm³/mol. The van der Waals surface area contributed by atoms with Crippen molar-refractivity contribution in [3.8, 4) is 5.75 Å². The van der Waals surface area contributed by atoms with Crippen molar-refractivity contribution in [3.05, 3.63) is 59.6 Å². The van der Waals surface area contributed by atoms with Crippen LogP contribution in [0.3, 0.4) is 0 Å². The van der Waals surface area contributed by atoms with E-state index in [0.717, 1.165) is 0 Å².